The van der Waals surface area contributed by atoms with Crippen molar-refractivity contribution in [1.82, 2.24) is 9.80 Å². The van der Waals surface area contributed by atoms with E-state index in [1.807, 2.05) is 35.7 Å². The van der Waals surface area contributed by atoms with E-state index in [1.54, 1.807) is 12.2 Å². The van der Waals surface area contributed by atoms with Crippen molar-refractivity contribution in [2.75, 3.05) is 32.7 Å². The van der Waals surface area contributed by atoms with E-state index in [0.717, 1.165) is 49.4 Å². The van der Waals surface area contributed by atoms with Gasteiger partial charge in [0.15, 0.2) is 5.17 Å². The molecule has 0 bridgehead atoms. The van der Waals surface area contributed by atoms with Gasteiger partial charge < -0.3 is 14.2 Å². The second-order valence-corrected chi connectivity index (χ2v) is 7.05. The molecule has 0 aromatic carbocycles. The second-order valence-electron chi connectivity index (χ2n) is 5.65. The number of nitrogens with zero attached hydrogens (tertiary/aromatic N) is 3. The molecule has 2 aliphatic rings. The SMILES string of the molecule is Cc1ccc(/C=C/C(=O)N2CCN(C3=NCC(C)S3)CC2)o1. The molecule has 1 aromatic rings. The molecule has 5 nitrogen and oxygen atoms in total. The van der Waals surface area contributed by atoms with E-state index in [0.29, 0.717) is 5.25 Å². The van der Waals surface area contributed by atoms with Crippen molar-refractivity contribution in [3.05, 3.63) is 29.7 Å². The number of hydrogen-bond acceptors (Lipinski definition) is 5. The average molecular weight is 319 g/mol. The van der Waals surface area contributed by atoms with Crippen LogP contribution in [0.1, 0.15) is 18.4 Å². The highest BCUT2D eigenvalue weighted by Gasteiger charge is 2.25. The van der Waals surface area contributed by atoms with Crippen molar-refractivity contribution in [2.24, 2.45) is 4.99 Å². The third-order valence-electron chi connectivity index (χ3n) is 3.80. The van der Waals surface area contributed by atoms with Crippen LogP contribution in [0.15, 0.2) is 27.6 Å². The molecule has 3 rings (SSSR count). The van der Waals surface area contributed by atoms with E-state index in [4.69, 9.17) is 4.42 Å². The lowest BCUT2D eigenvalue weighted by molar-refractivity contribution is -0.127. The Morgan fingerprint density at radius 3 is 2.73 bits per heavy atom. The summed E-state index contributed by atoms with van der Waals surface area (Å²) in [5.74, 6) is 1.61. The molecule has 0 radical (unpaired) electrons. The maximum absolute atomic E-state index is 12.2. The fourth-order valence-corrected chi connectivity index (χ4v) is 3.55. The van der Waals surface area contributed by atoms with Gasteiger partial charge in [0.1, 0.15) is 11.5 Å². The summed E-state index contributed by atoms with van der Waals surface area (Å²) in [6.45, 7) is 8.20. The summed E-state index contributed by atoms with van der Waals surface area (Å²) >= 11 is 1.84. The van der Waals surface area contributed by atoms with Crippen molar-refractivity contribution in [1.29, 1.82) is 0 Å². The Kier molecular flexibility index (Phi) is 4.57. The first kappa shape index (κ1) is 15.2. The number of carbonyl (C=O) groups is 1. The van der Waals surface area contributed by atoms with Gasteiger partial charge in [0.05, 0.1) is 6.54 Å². The Labute approximate surface area is 135 Å². The zero-order valence-electron chi connectivity index (χ0n) is 13.0. The predicted molar refractivity (Wildman–Crippen MR) is 90.0 cm³/mol. The highest BCUT2D eigenvalue weighted by molar-refractivity contribution is 8.14. The van der Waals surface area contributed by atoms with Crippen LogP contribution in [0.2, 0.25) is 0 Å². The molecule has 0 saturated carbocycles. The number of hydrogen-bond donors (Lipinski definition) is 0. The molecule has 1 amide bonds. The Bertz CT molecular complexity index is 600. The highest BCUT2D eigenvalue weighted by Crippen LogP contribution is 2.23. The fourth-order valence-electron chi connectivity index (χ4n) is 2.56. The van der Waals surface area contributed by atoms with Gasteiger partial charge in [-0.05, 0) is 25.1 Å². The summed E-state index contributed by atoms with van der Waals surface area (Å²) in [5, 5.41) is 1.72. The van der Waals surface area contributed by atoms with Crippen LogP contribution in [-0.2, 0) is 4.79 Å². The van der Waals surface area contributed by atoms with Crippen molar-refractivity contribution in [2.45, 2.75) is 19.1 Å². The summed E-state index contributed by atoms with van der Waals surface area (Å²) in [7, 11) is 0. The van der Waals surface area contributed by atoms with E-state index in [2.05, 4.69) is 16.8 Å². The molecule has 6 heteroatoms. The van der Waals surface area contributed by atoms with E-state index in [1.165, 1.54) is 0 Å². The van der Waals surface area contributed by atoms with Gasteiger partial charge in [0, 0.05) is 37.5 Å². The summed E-state index contributed by atoms with van der Waals surface area (Å²) in [4.78, 5) is 20.9. The van der Waals surface area contributed by atoms with Crippen LogP contribution in [0.5, 0.6) is 0 Å². The Hall–Kier alpha value is -1.69. The minimum absolute atomic E-state index is 0.0445. The Morgan fingerprint density at radius 2 is 2.14 bits per heavy atom. The molecular weight excluding hydrogens is 298 g/mol. The third kappa shape index (κ3) is 3.55. The van der Waals surface area contributed by atoms with Crippen LogP contribution in [-0.4, -0.2) is 58.8 Å². The molecule has 1 unspecified atom stereocenters. The molecule has 22 heavy (non-hydrogen) atoms. The number of amidine groups is 1. The molecule has 1 aromatic heterocycles. The highest BCUT2D eigenvalue weighted by atomic mass is 32.2. The molecule has 0 spiro atoms. The number of aryl methyl sites for hydroxylation is 1. The van der Waals surface area contributed by atoms with E-state index < -0.39 is 0 Å². The van der Waals surface area contributed by atoms with Crippen LogP contribution < -0.4 is 0 Å². The quantitative estimate of drug-likeness (QED) is 0.785. The van der Waals surface area contributed by atoms with Crippen molar-refractivity contribution < 1.29 is 9.21 Å². The maximum Gasteiger partial charge on any atom is 0.246 e. The van der Waals surface area contributed by atoms with Crippen LogP contribution in [0.4, 0.5) is 0 Å². The van der Waals surface area contributed by atoms with Crippen LogP contribution >= 0.6 is 11.8 Å². The molecule has 118 valence electrons. The average Bonchev–Trinajstić information content (AvgIpc) is 3.13. The summed E-state index contributed by atoms with van der Waals surface area (Å²) in [6, 6.07) is 3.76. The molecule has 3 heterocycles. The lowest BCUT2D eigenvalue weighted by Gasteiger charge is -2.35. The lowest BCUT2D eigenvalue weighted by Crippen LogP contribution is -2.49. The number of furan rings is 1. The van der Waals surface area contributed by atoms with Crippen LogP contribution in [0.25, 0.3) is 6.08 Å². The first-order valence-electron chi connectivity index (χ1n) is 7.61. The summed E-state index contributed by atoms with van der Waals surface area (Å²) in [6.07, 6.45) is 3.33. The zero-order valence-corrected chi connectivity index (χ0v) is 13.8. The van der Waals surface area contributed by atoms with Gasteiger partial charge >= 0.3 is 0 Å². The van der Waals surface area contributed by atoms with Crippen molar-refractivity contribution in [3.63, 3.8) is 0 Å². The molecule has 2 aliphatic heterocycles. The van der Waals surface area contributed by atoms with E-state index in [-0.39, 0.29) is 5.91 Å². The van der Waals surface area contributed by atoms with Gasteiger partial charge in [0.25, 0.3) is 0 Å². The van der Waals surface area contributed by atoms with Crippen LogP contribution in [0.3, 0.4) is 0 Å². The van der Waals surface area contributed by atoms with Crippen molar-refractivity contribution >= 4 is 28.9 Å². The topological polar surface area (TPSA) is 49.1 Å². The van der Waals surface area contributed by atoms with Crippen LogP contribution in [0, 0.1) is 6.92 Å². The predicted octanol–water partition coefficient (Wildman–Crippen LogP) is 2.24. The van der Waals surface area contributed by atoms with Crippen molar-refractivity contribution in [3.8, 4) is 0 Å². The van der Waals surface area contributed by atoms with Gasteiger partial charge in [-0.15, -0.1) is 0 Å². The third-order valence-corrected chi connectivity index (χ3v) is 4.95. The maximum atomic E-state index is 12.2. The number of carbonyl (C=O) groups excluding carboxylic acids is 1. The Morgan fingerprint density at radius 1 is 1.36 bits per heavy atom. The van der Waals surface area contributed by atoms with E-state index in [9.17, 15) is 4.79 Å². The molecule has 1 atom stereocenters. The number of thioether (sulfide) groups is 1. The number of rotatable bonds is 2. The number of aliphatic imine (C=N–C) groups is 1. The molecule has 1 saturated heterocycles. The zero-order chi connectivity index (χ0) is 15.5. The molecule has 1 fully saturated rings. The number of piperazine rings is 1. The fraction of sp³-hybridized carbons (Fsp3) is 0.500. The first-order valence-corrected chi connectivity index (χ1v) is 8.49. The minimum atomic E-state index is 0.0445. The molecular formula is C16H21N3O2S. The number of amides is 1. The first-order chi connectivity index (χ1) is 10.6. The van der Waals surface area contributed by atoms with Gasteiger partial charge in [-0.2, -0.15) is 0 Å². The largest absolute Gasteiger partial charge is 0.462 e. The molecule has 0 N–H and O–H groups in total. The minimum Gasteiger partial charge on any atom is -0.462 e. The normalized spacial score (nSPS) is 22.5. The lowest BCUT2D eigenvalue weighted by atomic mass is 10.3. The van der Waals surface area contributed by atoms with Gasteiger partial charge in [-0.25, -0.2) is 0 Å². The summed E-state index contributed by atoms with van der Waals surface area (Å²) < 4.78 is 5.43. The molecule has 0 aliphatic carbocycles. The van der Waals surface area contributed by atoms with Gasteiger partial charge in [-0.3, -0.25) is 9.79 Å². The second kappa shape index (κ2) is 6.60. The summed E-state index contributed by atoms with van der Waals surface area (Å²) in [5.41, 5.74) is 0. The standard InChI is InChI=1S/C16H21N3O2S/c1-12-3-4-14(21-12)5-6-15(20)18-7-9-19(10-8-18)16-17-11-13(2)22-16/h3-6,13H,7-11H2,1-2H3/b6-5+. The monoisotopic (exact) mass is 319 g/mol. The van der Waals surface area contributed by atoms with Gasteiger partial charge in [0.2, 0.25) is 5.91 Å². The smallest absolute Gasteiger partial charge is 0.246 e. The van der Waals surface area contributed by atoms with Gasteiger partial charge in [-0.1, -0.05) is 18.7 Å². The van der Waals surface area contributed by atoms with E-state index >= 15 is 0 Å². The Balaban J connectivity index is 1.50.